The van der Waals surface area contributed by atoms with E-state index in [0.29, 0.717) is 26.2 Å². The van der Waals surface area contributed by atoms with Gasteiger partial charge in [-0.25, -0.2) is 4.79 Å². The number of rotatable bonds is 4. The van der Waals surface area contributed by atoms with E-state index in [1.54, 1.807) is 0 Å². The van der Waals surface area contributed by atoms with Gasteiger partial charge in [0.15, 0.2) is 0 Å². The van der Waals surface area contributed by atoms with Crippen LogP contribution in [-0.2, 0) is 11.3 Å². The summed E-state index contributed by atoms with van der Waals surface area (Å²) in [5, 5.41) is 3.08. The van der Waals surface area contributed by atoms with Crippen LogP contribution in [0.3, 0.4) is 0 Å². The molecular formula is C18H27N3O2. The van der Waals surface area contributed by atoms with Gasteiger partial charge < -0.3 is 19.9 Å². The van der Waals surface area contributed by atoms with Crippen molar-refractivity contribution in [3.8, 4) is 0 Å². The van der Waals surface area contributed by atoms with E-state index < -0.39 is 0 Å². The predicted molar refractivity (Wildman–Crippen MR) is 91.7 cm³/mol. The van der Waals surface area contributed by atoms with Crippen LogP contribution in [0.1, 0.15) is 31.7 Å². The molecule has 23 heavy (non-hydrogen) atoms. The van der Waals surface area contributed by atoms with Gasteiger partial charge in [-0.2, -0.15) is 0 Å². The Kier molecular flexibility index (Phi) is 5.39. The lowest BCUT2D eigenvalue weighted by Gasteiger charge is -2.32. The van der Waals surface area contributed by atoms with E-state index >= 15 is 0 Å². The van der Waals surface area contributed by atoms with Crippen molar-refractivity contribution in [1.29, 1.82) is 0 Å². The Morgan fingerprint density at radius 2 is 2.04 bits per heavy atom. The van der Waals surface area contributed by atoms with Gasteiger partial charge in [-0.15, -0.1) is 0 Å². The minimum Gasteiger partial charge on any atom is -0.375 e. The average molecular weight is 317 g/mol. The summed E-state index contributed by atoms with van der Waals surface area (Å²) in [6.07, 6.45) is 3.63. The first-order chi connectivity index (χ1) is 11.3. The van der Waals surface area contributed by atoms with Gasteiger partial charge in [-0.3, -0.25) is 0 Å². The Hall–Kier alpha value is -1.75. The largest absolute Gasteiger partial charge is 0.375 e. The van der Waals surface area contributed by atoms with Crippen molar-refractivity contribution in [1.82, 2.24) is 10.2 Å². The second kappa shape index (κ2) is 7.68. The van der Waals surface area contributed by atoms with Crippen LogP contribution >= 0.6 is 0 Å². The molecule has 3 rings (SSSR count). The molecule has 5 nitrogen and oxygen atoms in total. The fraction of sp³-hybridized carbons (Fsp3) is 0.611. The lowest BCUT2D eigenvalue weighted by atomic mass is 10.1. The van der Waals surface area contributed by atoms with Gasteiger partial charge in [0.2, 0.25) is 0 Å². The molecular weight excluding hydrogens is 290 g/mol. The molecule has 0 saturated carbocycles. The number of hydrogen-bond donors (Lipinski definition) is 1. The van der Waals surface area contributed by atoms with Crippen LogP contribution in [-0.4, -0.2) is 49.8 Å². The number of carbonyl (C=O) groups is 1. The fourth-order valence-corrected chi connectivity index (χ4v) is 3.36. The van der Waals surface area contributed by atoms with Crippen molar-refractivity contribution >= 4 is 11.7 Å². The van der Waals surface area contributed by atoms with Crippen molar-refractivity contribution in [2.75, 3.05) is 37.7 Å². The Morgan fingerprint density at radius 1 is 1.26 bits per heavy atom. The summed E-state index contributed by atoms with van der Waals surface area (Å²) in [6.45, 7) is 6.92. The van der Waals surface area contributed by atoms with Crippen LogP contribution < -0.4 is 10.2 Å². The predicted octanol–water partition coefficient (Wildman–Crippen LogP) is 2.61. The van der Waals surface area contributed by atoms with E-state index in [1.165, 1.54) is 24.1 Å². The second-order valence-corrected chi connectivity index (χ2v) is 6.33. The topological polar surface area (TPSA) is 44.8 Å². The van der Waals surface area contributed by atoms with Crippen molar-refractivity contribution in [3.05, 3.63) is 29.8 Å². The molecule has 2 aliphatic heterocycles. The molecule has 2 amide bonds. The van der Waals surface area contributed by atoms with Gasteiger partial charge in [0.1, 0.15) is 0 Å². The first-order valence-electron chi connectivity index (χ1n) is 8.75. The van der Waals surface area contributed by atoms with Crippen LogP contribution in [0.15, 0.2) is 24.3 Å². The molecule has 2 heterocycles. The standard InChI is InChI=1S/C18H27N3O2/c1-2-16-14-21(11-12-23-16)18(22)19-13-15-7-3-4-8-17(15)20-9-5-6-10-20/h3-4,7-8,16H,2,5-6,9-14H2,1H3,(H,19,22). The summed E-state index contributed by atoms with van der Waals surface area (Å²) in [7, 11) is 0. The summed E-state index contributed by atoms with van der Waals surface area (Å²) >= 11 is 0. The Labute approximate surface area is 138 Å². The fourth-order valence-electron chi connectivity index (χ4n) is 3.36. The van der Waals surface area contributed by atoms with Gasteiger partial charge in [0.25, 0.3) is 0 Å². The van der Waals surface area contributed by atoms with Crippen molar-refractivity contribution in [2.24, 2.45) is 0 Å². The normalized spacial score (nSPS) is 21.5. The Morgan fingerprint density at radius 3 is 2.83 bits per heavy atom. The van der Waals surface area contributed by atoms with Crippen LogP contribution in [0.5, 0.6) is 0 Å². The van der Waals surface area contributed by atoms with Crippen molar-refractivity contribution in [2.45, 2.75) is 38.8 Å². The molecule has 0 bridgehead atoms. The molecule has 1 atom stereocenters. The molecule has 1 unspecified atom stereocenters. The van der Waals surface area contributed by atoms with Crippen LogP contribution in [0.4, 0.5) is 10.5 Å². The third kappa shape index (κ3) is 3.96. The molecule has 5 heteroatoms. The molecule has 1 N–H and O–H groups in total. The summed E-state index contributed by atoms with van der Waals surface area (Å²) in [5.41, 5.74) is 2.46. The second-order valence-electron chi connectivity index (χ2n) is 6.33. The van der Waals surface area contributed by atoms with Crippen molar-refractivity contribution in [3.63, 3.8) is 0 Å². The van der Waals surface area contributed by atoms with E-state index in [1.807, 2.05) is 11.0 Å². The third-order valence-electron chi connectivity index (χ3n) is 4.75. The Balaban J connectivity index is 1.58. The van der Waals surface area contributed by atoms with Gasteiger partial charge in [0, 0.05) is 38.4 Å². The third-order valence-corrected chi connectivity index (χ3v) is 4.75. The molecule has 0 radical (unpaired) electrons. The average Bonchev–Trinajstić information content (AvgIpc) is 3.14. The number of benzene rings is 1. The van der Waals surface area contributed by atoms with E-state index in [2.05, 4.69) is 35.3 Å². The summed E-state index contributed by atoms with van der Waals surface area (Å²) in [5.74, 6) is 0. The monoisotopic (exact) mass is 317 g/mol. The SMILES string of the molecule is CCC1CN(C(=O)NCc2ccccc2N2CCCC2)CCO1. The van der Waals surface area contributed by atoms with Gasteiger partial charge in [-0.05, 0) is 30.9 Å². The van der Waals surface area contributed by atoms with Gasteiger partial charge in [0.05, 0.1) is 12.7 Å². The number of urea groups is 1. The number of amides is 2. The van der Waals surface area contributed by atoms with E-state index in [4.69, 9.17) is 4.74 Å². The highest BCUT2D eigenvalue weighted by molar-refractivity contribution is 5.74. The molecule has 0 aromatic heterocycles. The maximum atomic E-state index is 12.4. The molecule has 1 aromatic rings. The molecule has 0 aliphatic carbocycles. The smallest absolute Gasteiger partial charge is 0.317 e. The van der Waals surface area contributed by atoms with E-state index in [0.717, 1.165) is 19.5 Å². The summed E-state index contributed by atoms with van der Waals surface area (Å²) in [4.78, 5) is 16.7. The van der Waals surface area contributed by atoms with Crippen LogP contribution in [0.25, 0.3) is 0 Å². The quantitative estimate of drug-likeness (QED) is 0.928. The highest BCUT2D eigenvalue weighted by atomic mass is 16.5. The highest BCUT2D eigenvalue weighted by Gasteiger charge is 2.23. The number of para-hydroxylation sites is 1. The number of nitrogens with zero attached hydrogens (tertiary/aromatic N) is 2. The molecule has 1 aromatic carbocycles. The zero-order valence-electron chi connectivity index (χ0n) is 14.0. The van der Waals surface area contributed by atoms with Crippen LogP contribution in [0.2, 0.25) is 0 Å². The van der Waals surface area contributed by atoms with Gasteiger partial charge in [-0.1, -0.05) is 25.1 Å². The number of anilines is 1. The number of nitrogens with one attached hydrogen (secondary N) is 1. The molecule has 2 aliphatic rings. The van der Waals surface area contributed by atoms with E-state index in [-0.39, 0.29) is 12.1 Å². The maximum absolute atomic E-state index is 12.4. The minimum atomic E-state index is 0.0166. The first-order valence-corrected chi connectivity index (χ1v) is 8.75. The molecule has 126 valence electrons. The molecule has 2 saturated heterocycles. The highest BCUT2D eigenvalue weighted by Crippen LogP contribution is 2.24. The summed E-state index contributed by atoms with van der Waals surface area (Å²) in [6, 6.07) is 8.41. The van der Waals surface area contributed by atoms with Crippen molar-refractivity contribution < 1.29 is 9.53 Å². The van der Waals surface area contributed by atoms with Crippen LogP contribution in [0, 0.1) is 0 Å². The molecule has 0 spiro atoms. The number of morpholine rings is 1. The van der Waals surface area contributed by atoms with E-state index in [9.17, 15) is 4.79 Å². The lowest BCUT2D eigenvalue weighted by Crippen LogP contribution is -2.49. The zero-order chi connectivity index (χ0) is 16.1. The lowest BCUT2D eigenvalue weighted by molar-refractivity contribution is -0.0154. The summed E-state index contributed by atoms with van der Waals surface area (Å²) < 4.78 is 5.63. The minimum absolute atomic E-state index is 0.0166. The number of ether oxygens (including phenoxy) is 1. The molecule has 2 fully saturated rings. The number of hydrogen-bond acceptors (Lipinski definition) is 3. The number of carbonyl (C=O) groups excluding carboxylic acids is 1. The van der Waals surface area contributed by atoms with Gasteiger partial charge >= 0.3 is 6.03 Å². The maximum Gasteiger partial charge on any atom is 0.317 e. The Bertz CT molecular complexity index is 529. The zero-order valence-corrected chi connectivity index (χ0v) is 14.0. The first kappa shape index (κ1) is 16.1.